The molecule has 0 atom stereocenters. The van der Waals surface area contributed by atoms with Crippen LogP contribution in [-0.4, -0.2) is 46.5 Å². The van der Waals surface area contributed by atoms with Gasteiger partial charge in [0.05, 0.1) is 22.0 Å². The first-order valence-corrected chi connectivity index (χ1v) is 12.0. The zero-order valence-corrected chi connectivity index (χ0v) is 21.0. The second-order valence-corrected chi connectivity index (χ2v) is 8.38. The van der Waals surface area contributed by atoms with E-state index in [0.29, 0.717) is 29.6 Å². The van der Waals surface area contributed by atoms with E-state index >= 15 is 0 Å². The summed E-state index contributed by atoms with van der Waals surface area (Å²) in [5, 5.41) is 0.455. The van der Waals surface area contributed by atoms with Crippen molar-refractivity contribution in [1.82, 2.24) is 9.55 Å². The molecule has 0 saturated heterocycles. The van der Waals surface area contributed by atoms with E-state index in [4.69, 9.17) is 14.2 Å². The number of carbonyl (C=O) groups excluding carboxylic acids is 4. The van der Waals surface area contributed by atoms with Crippen LogP contribution in [0.5, 0.6) is 5.75 Å². The van der Waals surface area contributed by atoms with Gasteiger partial charge >= 0.3 is 11.9 Å². The number of aromatic nitrogens is 2. The van der Waals surface area contributed by atoms with Gasteiger partial charge < -0.3 is 18.8 Å². The molecular weight excluding hydrogens is 488 g/mol. The van der Waals surface area contributed by atoms with Crippen LogP contribution >= 0.6 is 0 Å². The Morgan fingerprint density at radius 3 is 2.39 bits per heavy atom. The van der Waals surface area contributed by atoms with E-state index in [1.165, 1.54) is 25.4 Å². The van der Waals surface area contributed by atoms with Gasteiger partial charge in [-0.05, 0) is 36.2 Å². The largest absolute Gasteiger partial charge is 0.481 e. The fourth-order valence-electron chi connectivity index (χ4n) is 4.17. The van der Waals surface area contributed by atoms with Gasteiger partial charge in [0.15, 0.2) is 12.4 Å². The van der Waals surface area contributed by atoms with Crippen molar-refractivity contribution in [3.05, 3.63) is 95.4 Å². The number of esters is 2. The van der Waals surface area contributed by atoms with Gasteiger partial charge in [-0.2, -0.15) is 0 Å². The molecule has 2 aromatic carbocycles. The Kier molecular flexibility index (Phi) is 8.27. The first-order valence-electron chi connectivity index (χ1n) is 12.0. The third-order valence-corrected chi connectivity index (χ3v) is 5.88. The minimum absolute atomic E-state index is 0.223. The molecule has 0 aliphatic carbocycles. The van der Waals surface area contributed by atoms with E-state index in [9.17, 15) is 19.2 Å². The van der Waals surface area contributed by atoms with Crippen molar-refractivity contribution in [2.24, 2.45) is 0 Å². The zero-order valence-electron chi connectivity index (χ0n) is 21.0. The molecule has 0 aliphatic rings. The zero-order chi connectivity index (χ0) is 27.1. The van der Waals surface area contributed by atoms with E-state index in [-0.39, 0.29) is 16.9 Å². The number of hydrogen-bond acceptors (Lipinski definition) is 8. The maximum atomic E-state index is 13.1. The molecule has 0 amide bonds. The third-order valence-electron chi connectivity index (χ3n) is 5.88. The molecule has 4 aromatic rings. The molecular formula is C29H26N2O7. The molecule has 9 nitrogen and oxygen atoms in total. The monoisotopic (exact) mass is 514 g/mol. The van der Waals surface area contributed by atoms with Crippen molar-refractivity contribution in [3.63, 3.8) is 0 Å². The Hall–Kier alpha value is -4.79. The van der Waals surface area contributed by atoms with E-state index in [1.54, 1.807) is 18.2 Å². The lowest BCUT2D eigenvalue weighted by molar-refractivity contribution is -0.154. The number of ether oxygens (including phenoxy) is 3. The predicted octanol–water partition coefficient (Wildman–Crippen LogP) is 4.16. The molecule has 2 aromatic heterocycles. The summed E-state index contributed by atoms with van der Waals surface area (Å²) in [7, 11) is 0. The van der Waals surface area contributed by atoms with Crippen molar-refractivity contribution in [2.45, 2.75) is 26.8 Å². The number of fused-ring (bicyclic) bond motifs is 1. The summed E-state index contributed by atoms with van der Waals surface area (Å²) in [4.78, 5) is 53.3. The number of nitrogens with zero attached hydrogens (tertiary/aromatic N) is 2. The van der Waals surface area contributed by atoms with Crippen LogP contribution in [0.1, 0.15) is 45.8 Å². The number of benzene rings is 2. The summed E-state index contributed by atoms with van der Waals surface area (Å²) >= 11 is 0. The summed E-state index contributed by atoms with van der Waals surface area (Å²) in [6.07, 6.45) is 3.35. The standard InChI is InChI=1S/C29H26N2O7/c1-3-22-27(28(34)19(2)32)26-23(31(22)16-20-9-5-4-6-10-20)12-7-13-24(26)36-17-25(33)37-18-38-29(35)21-11-8-14-30-15-21/h4-15H,3,16-18H2,1-2H3. The molecule has 0 aliphatic heterocycles. The van der Waals surface area contributed by atoms with Crippen LogP contribution in [0.2, 0.25) is 0 Å². The normalized spacial score (nSPS) is 10.7. The maximum Gasteiger partial charge on any atom is 0.347 e. The van der Waals surface area contributed by atoms with E-state index in [2.05, 4.69) is 4.98 Å². The van der Waals surface area contributed by atoms with E-state index in [0.717, 1.165) is 5.56 Å². The molecule has 0 bridgehead atoms. The molecule has 4 rings (SSSR count). The van der Waals surface area contributed by atoms with Crippen LogP contribution in [0.15, 0.2) is 73.1 Å². The first-order chi connectivity index (χ1) is 18.4. The fraction of sp³-hybridized carbons (Fsp3) is 0.207. The van der Waals surface area contributed by atoms with Crippen LogP contribution < -0.4 is 4.74 Å². The molecule has 0 spiro atoms. The van der Waals surface area contributed by atoms with Gasteiger partial charge in [-0.15, -0.1) is 0 Å². The van der Waals surface area contributed by atoms with E-state index in [1.807, 2.05) is 47.9 Å². The van der Waals surface area contributed by atoms with Gasteiger partial charge in [0.25, 0.3) is 0 Å². The van der Waals surface area contributed by atoms with Crippen molar-refractivity contribution >= 4 is 34.4 Å². The van der Waals surface area contributed by atoms with Crippen LogP contribution in [0.3, 0.4) is 0 Å². The topological polar surface area (TPSA) is 114 Å². The van der Waals surface area contributed by atoms with Crippen molar-refractivity contribution in [1.29, 1.82) is 0 Å². The summed E-state index contributed by atoms with van der Waals surface area (Å²) in [6, 6.07) is 18.1. The smallest absolute Gasteiger partial charge is 0.347 e. The summed E-state index contributed by atoms with van der Waals surface area (Å²) in [5.74, 6) is -2.42. The number of rotatable bonds is 11. The summed E-state index contributed by atoms with van der Waals surface area (Å²) in [5.41, 5.74) is 2.91. The SMILES string of the molecule is CCc1c(C(=O)C(C)=O)c2c(OCC(=O)OCOC(=O)c3cccnc3)cccc2n1Cc1ccccc1. The number of pyridine rings is 1. The highest BCUT2D eigenvalue weighted by Gasteiger charge is 2.27. The fourth-order valence-corrected chi connectivity index (χ4v) is 4.17. The van der Waals surface area contributed by atoms with Gasteiger partial charge in [0.2, 0.25) is 12.6 Å². The quantitative estimate of drug-likeness (QED) is 0.127. The van der Waals surface area contributed by atoms with Crippen molar-refractivity contribution < 1.29 is 33.4 Å². The Morgan fingerprint density at radius 1 is 0.921 bits per heavy atom. The predicted molar refractivity (Wildman–Crippen MR) is 138 cm³/mol. The first kappa shape index (κ1) is 26.3. The number of ketones is 2. The average Bonchev–Trinajstić information content (AvgIpc) is 3.25. The van der Waals surface area contributed by atoms with E-state index < -0.39 is 36.9 Å². The molecule has 0 fully saturated rings. The van der Waals surface area contributed by atoms with Crippen molar-refractivity contribution in [2.75, 3.05) is 13.4 Å². The molecule has 0 radical (unpaired) electrons. The van der Waals surface area contributed by atoms with Gasteiger partial charge in [-0.3, -0.25) is 14.6 Å². The molecule has 38 heavy (non-hydrogen) atoms. The van der Waals surface area contributed by atoms with Gasteiger partial charge in [-0.1, -0.05) is 43.3 Å². The van der Waals surface area contributed by atoms with Gasteiger partial charge in [0, 0.05) is 31.6 Å². The summed E-state index contributed by atoms with van der Waals surface area (Å²) < 4.78 is 17.6. The Morgan fingerprint density at radius 2 is 1.71 bits per heavy atom. The van der Waals surface area contributed by atoms with Crippen LogP contribution in [-0.2, 0) is 32.0 Å². The Bertz CT molecular complexity index is 1480. The van der Waals surface area contributed by atoms with Gasteiger partial charge in [0.1, 0.15) is 5.75 Å². The second-order valence-electron chi connectivity index (χ2n) is 8.38. The molecule has 2 heterocycles. The molecule has 194 valence electrons. The second kappa shape index (κ2) is 12.0. The highest BCUT2D eigenvalue weighted by molar-refractivity contribution is 6.45. The van der Waals surface area contributed by atoms with Crippen LogP contribution in [0, 0.1) is 0 Å². The Balaban J connectivity index is 1.56. The highest BCUT2D eigenvalue weighted by atomic mass is 16.7. The molecule has 0 N–H and O–H groups in total. The Labute approximate surface area is 219 Å². The number of hydrogen-bond donors (Lipinski definition) is 0. The van der Waals surface area contributed by atoms with Crippen LogP contribution in [0.4, 0.5) is 0 Å². The minimum Gasteiger partial charge on any atom is -0.481 e. The molecule has 0 saturated carbocycles. The lowest BCUT2D eigenvalue weighted by atomic mass is 10.0. The summed E-state index contributed by atoms with van der Waals surface area (Å²) in [6.45, 7) is 2.54. The highest BCUT2D eigenvalue weighted by Crippen LogP contribution is 2.35. The molecule has 0 unspecified atom stereocenters. The third kappa shape index (κ3) is 5.78. The van der Waals surface area contributed by atoms with Crippen molar-refractivity contribution in [3.8, 4) is 5.75 Å². The number of Topliss-reactive ketones (excluding diaryl/α,β-unsaturated/α-hetero) is 2. The molecule has 9 heteroatoms. The lowest BCUT2D eigenvalue weighted by Gasteiger charge is -2.11. The number of carbonyl (C=O) groups is 4. The average molecular weight is 515 g/mol. The van der Waals surface area contributed by atoms with Crippen LogP contribution in [0.25, 0.3) is 10.9 Å². The maximum absolute atomic E-state index is 13.1. The lowest BCUT2D eigenvalue weighted by Crippen LogP contribution is -2.18. The van der Waals surface area contributed by atoms with Gasteiger partial charge in [-0.25, -0.2) is 9.59 Å². The minimum atomic E-state index is -0.778.